The van der Waals surface area contributed by atoms with Gasteiger partial charge in [-0.1, -0.05) is 45.7 Å². The lowest BCUT2D eigenvalue weighted by Gasteiger charge is -2.34. The van der Waals surface area contributed by atoms with Gasteiger partial charge in [0.05, 0.1) is 11.3 Å². The van der Waals surface area contributed by atoms with Crippen LogP contribution in [0.3, 0.4) is 0 Å². The zero-order valence-corrected chi connectivity index (χ0v) is 14.8. The molecular weight excluding hydrogens is 386 g/mol. The largest absolute Gasteiger partial charge is 0.304 e. The summed E-state index contributed by atoms with van der Waals surface area (Å²) in [7, 11) is 0. The van der Waals surface area contributed by atoms with E-state index in [1.165, 1.54) is 0 Å². The second-order valence-electron chi connectivity index (χ2n) is 5.22. The molecule has 1 aliphatic heterocycles. The highest BCUT2D eigenvalue weighted by Gasteiger charge is 2.40. The Labute approximate surface area is 136 Å². The molecule has 1 heterocycles. The van der Waals surface area contributed by atoms with E-state index >= 15 is 0 Å². The average Bonchev–Trinajstić information content (AvgIpc) is 2.69. The van der Waals surface area contributed by atoms with Crippen molar-refractivity contribution >= 4 is 49.2 Å². The SMILES string of the molecule is CCC(CC)(CBr)CN1C(=O)C(=O)c2ccc(Br)cc21. The van der Waals surface area contributed by atoms with Crippen LogP contribution in [0.15, 0.2) is 22.7 Å². The third kappa shape index (κ3) is 2.58. The van der Waals surface area contributed by atoms with Crippen molar-refractivity contribution in [3.63, 3.8) is 0 Å². The first-order valence-corrected chi connectivity index (χ1v) is 8.61. The Morgan fingerprint density at radius 2 is 1.85 bits per heavy atom. The molecule has 5 heteroatoms. The van der Waals surface area contributed by atoms with Crippen LogP contribution in [0, 0.1) is 5.41 Å². The molecular formula is C15H17Br2NO2. The van der Waals surface area contributed by atoms with E-state index in [0.717, 1.165) is 28.3 Å². The van der Waals surface area contributed by atoms with Crippen LogP contribution in [0.4, 0.5) is 5.69 Å². The lowest BCUT2D eigenvalue weighted by Crippen LogP contribution is -2.41. The third-order valence-corrected chi connectivity index (χ3v) is 5.89. The van der Waals surface area contributed by atoms with Gasteiger partial charge in [-0.05, 0) is 36.5 Å². The molecule has 0 fully saturated rings. The first-order chi connectivity index (χ1) is 9.48. The Balaban J connectivity index is 2.41. The van der Waals surface area contributed by atoms with Crippen molar-refractivity contribution in [1.82, 2.24) is 0 Å². The predicted octanol–water partition coefficient (Wildman–Crippen LogP) is 4.18. The molecule has 0 N–H and O–H groups in total. The number of ketones is 1. The summed E-state index contributed by atoms with van der Waals surface area (Å²) in [5, 5.41) is 0.814. The molecule has 1 aliphatic rings. The van der Waals surface area contributed by atoms with E-state index < -0.39 is 11.7 Å². The quantitative estimate of drug-likeness (QED) is 0.547. The summed E-state index contributed by atoms with van der Waals surface area (Å²) in [4.78, 5) is 25.9. The monoisotopic (exact) mass is 401 g/mol. The molecule has 1 aromatic rings. The second kappa shape index (κ2) is 5.98. The van der Waals surface area contributed by atoms with Crippen LogP contribution in [0.25, 0.3) is 0 Å². The van der Waals surface area contributed by atoms with Crippen molar-refractivity contribution in [1.29, 1.82) is 0 Å². The first-order valence-electron chi connectivity index (χ1n) is 6.69. The minimum atomic E-state index is -0.412. The van der Waals surface area contributed by atoms with Gasteiger partial charge in [-0.15, -0.1) is 0 Å². The summed E-state index contributed by atoms with van der Waals surface area (Å²) in [6, 6.07) is 5.36. The Kier molecular flexibility index (Phi) is 4.69. The van der Waals surface area contributed by atoms with Crippen molar-refractivity contribution in [3.05, 3.63) is 28.2 Å². The Morgan fingerprint density at radius 1 is 1.20 bits per heavy atom. The van der Waals surface area contributed by atoms with Gasteiger partial charge < -0.3 is 4.90 Å². The van der Waals surface area contributed by atoms with Gasteiger partial charge in [-0.2, -0.15) is 0 Å². The molecule has 1 amide bonds. The number of Topliss-reactive ketones (excluding diaryl/α,β-unsaturated/α-hetero) is 1. The smallest absolute Gasteiger partial charge is 0.299 e. The van der Waals surface area contributed by atoms with Crippen molar-refractivity contribution in [3.8, 4) is 0 Å². The summed E-state index contributed by atoms with van der Waals surface area (Å²) in [6.45, 7) is 4.81. The topological polar surface area (TPSA) is 37.4 Å². The van der Waals surface area contributed by atoms with Gasteiger partial charge in [-0.3, -0.25) is 9.59 Å². The summed E-state index contributed by atoms with van der Waals surface area (Å²) in [5.41, 5.74) is 1.23. The minimum absolute atomic E-state index is 0.000131. The molecule has 0 saturated heterocycles. The van der Waals surface area contributed by atoms with Gasteiger partial charge in [-0.25, -0.2) is 0 Å². The van der Waals surface area contributed by atoms with E-state index in [4.69, 9.17) is 0 Å². The van der Waals surface area contributed by atoms with Crippen LogP contribution < -0.4 is 4.90 Å². The molecule has 1 aromatic carbocycles. The van der Waals surface area contributed by atoms with Crippen LogP contribution in [-0.4, -0.2) is 23.6 Å². The first kappa shape index (κ1) is 15.7. The lowest BCUT2D eigenvalue weighted by atomic mass is 9.84. The highest BCUT2D eigenvalue weighted by Crippen LogP contribution is 2.37. The molecule has 108 valence electrons. The van der Waals surface area contributed by atoms with E-state index in [9.17, 15) is 9.59 Å². The average molecular weight is 403 g/mol. The van der Waals surface area contributed by atoms with Crippen LogP contribution >= 0.6 is 31.9 Å². The zero-order valence-electron chi connectivity index (χ0n) is 11.6. The van der Waals surface area contributed by atoms with Crippen LogP contribution in [0.2, 0.25) is 0 Å². The maximum absolute atomic E-state index is 12.2. The van der Waals surface area contributed by atoms with Crippen LogP contribution in [0.5, 0.6) is 0 Å². The number of hydrogen-bond donors (Lipinski definition) is 0. The molecule has 0 radical (unpaired) electrons. The number of nitrogens with zero attached hydrogens (tertiary/aromatic N) is 1. The fraction of sp³-hybridized carbons (Fsp3) is 0.467. The van der Waals surface area contributed by atoms with Gasteiger partial charge in [0.15, 0.2) is 0 Å². The van der Waals surface area contributed by atoms with Crippen LogP contribution in [-0.2, 0) is 4.79 Å². The van der Waals surface area contributed by atoms with E-state index in [1.807, 2.05) is 6.07 Å². The van der Waals surface area contributed by atoms with E-state index in [2.05, 4.69) is 45.7 Å². The number of fused-ring (bicyclic) bond motifs is 1. The molecule has 20 heavy (non-hydrogen) atoms. The number of benzene rings is 1. The Morgan fingerprint density at radius 3 is 2.40 bits per heavy atom. The number of amides is 1. The number of alkyl halides is 1. The number of carbonyl (C=O) groups excluding carboxylic acids is 2. The number of hydrogen-bond acceptors (Lipinski definition) is 2. The molecule has 0 aliphatic carbocycles. The molecule has 0 aromatic heterocycles. The molecule has 0 atom stereocenters. The molecule has 0 saturated carbocycles. The highest BCUT2D eigenvalue weighted by atomic mass is 79.9. The lowest BCUT2D eigenvalue weighted by molar-refractivity contribution is -0.114. The number of rotatable bonds is 5. The Hall–Kier alpha value is -0.680. The molecule has 0 spiro atoms. The van der Waals surface area contributed by atoms with E-state index in [0.29, 0.717) is 12.1 Å². The fourth-order valence-electron chi connectivity index (χ4n) is 2.46. The molecule has 3 nitrogen and oxygen atoms in total. The Bertz CT molecular complexity index is 545. The van der Waals surface area contributed by atoms with Crippen molar-refractivity contribution in [2.45, 2.75) is 26.7 Å². The van der Waals surface area contributed by atoms with E-state index in [1.54, 1.807) is 17.0 Å². The van der Waals surface area contributed by atoms with Gasteiger partial charge in [0, 0.05) is 16.3 Å². The maximum Gasteiger partial charge on any atom is 0.299 e. The van der Waals surface area contributed by atoms with Crippen molar-refractivity contribution < 1.29 is 9.59 Å². The zero-order chi connectivity index (χ0) is 14.9. The van der Waals surface area contributed by atoms with E-state index in [-0.39, 0.29) is 5.41 Å². The summed E-state index contributed by atoms with van der Waals surface area (Å²) in [5.74, 6) is -0.812. The van der Waals surface area contributed by atoms with Gasteiger partial charge in [0.1, 0.15) is 0 Å². The third-order valence-electron chi connectivity index (χ3n) is 4.21. The number of anilines is 1. The molecule has 0 unspecified atom stereocenters. The molecule has 2 rings (SSSR count). The summed E-state index contributed by atoms with van der Waals surface area (Å²) < 4.78 is 0.876. The van der Waals surface area contributed by atoms with Gasteiger partial charge >= 0.3 is 0 Å². The number of halogens is 2. The summed E-state index contributed by atoms with van der Waals surface area (Å²) in [6.07, 6.45) is 1.91. The highest BCUT2D eigenvalue weighted by molar-refractivity contribution is 9.10. The number of carbonyl (C=O) groups is 2. The normalized spacial score (nSPS) is 14.9. The fourth-order valence-corrected chi connectivity index (χ4v) is 3.78. The van der Waals surface area contributed by atoms with Gasteiger partial charge in [0.2, 0.25) is 0 Å². The maximum atomic E-state index is 12.2. The van der Waals surface area contributed by atoms with Crippen molar-refractivity contribution in [2.24, 2.45) is 5.41 Å². The molecule has 0 bridgehead atoms. The van der Waals surface area contributed by atoms with Crippen LogP contribution in [0.1, 0.15) is 37.0 Å². The standard InChI is InChI=1S/C15H17Br2NO2/c1-3-15(4-2,8-16)9-18-12-7-10(17)5-6-11(12)13(19)14(18)20/h5-7H,3-4,8-9H2,1-2H3. The second-order valence-corrected chi connectivity index (χ2v) is 6.70. The van der Waals surface area contributed by atoms with Crippen molar-refractivity contribution in [2.75, 3.05) is 16.8 Å². The predicted molar refractivity (Wildman–Crippen MR) is 87.6 cm³/mol. The summed E-state index contributed by atoms with van der Waals surface area (Å²) >= 11 is 6.96. The minimum Gasteiger partial charge on any atom is -0.304 e. The van der Waals surface area contributed by atoms with Gasteiger partial charge in [0.25, 0.3) is 11.7 Å².